The van der Waals surface area contributed by atoms with Gasteiger partial charge in [0.2, 0.25) is 0 Å². The van der Waals surface area contributed by atoms with Gasteiger partial charge in [0, 0.05) is 17.0 Å². The molecule has 0 aliphatic carbocycles. The standard InChI is InChI=1S/C24H14N2O/c25-15-20-13-19(10-11-26-20)17-5-3-4-16(12-17)18-8-9-22-21-6-1-2-7-23(21)27-24(22)14-18/h1-14H. The molecule has 0 aliphatic heterocycles. The minimum absolute atomic E-state index is 0.418. The van der Waals surface area contributed by atoms with E-state index in [0.29, 0.717) is 5.69 Å². The van der Waals surface area contributed by atoms with Gasteiger partial charge in [-0.3, -0.25) is 0 Å². The van der Waals surface area contributed by atoms with Gasteiger partial charge in [0.25, 0.3) is 0 Å². The lowest BCUT2D eigenvalue weighted by molar-refractivity contribution is 0.669. The van der Waals surface area contributed by atoms with Crippen molar-refractivity contribution in [2.75, 3.05) is 0 Å². The van der Waals surface area contributed by atoms with E-state index in [9.17, 15) is 0 Å². The molecule has 3 heteroatoms. The largest absolute Gasteiger partial charge is 0.456 e. The third-order valence-corrected chi connectivity index (χ3v) is 4.78. The molecule has 0 aliphatic rings. The summed E-state index contributed by atoms with van der Waals surface area (Å²) in [7, 11) is 0. The molecule has 3 nitrogen and oxygen atoms in total. The number of para-hydroxylation sites is 1. The van der Waals surface area contributed by atoms with Gasteiger partial charge in [-0.15, -0.1) is 0 Å². The highest BCUT2D eigenvalue weighted by molar-refractivity contribution is 6.05. The number of pyridine rings is 1. The molecule has 0 saturated carbocycles. The van der Waals surface area contributed by atoms with Crippen LogP contribution < -0.4 is 0 Å². The first-order valence-electron chi connectivity index (χ1n) is 8.70. The maximum Gasteiger partial charge on any atom is 0.141 e. The van der Waals surface area contributed by atoms with E-state index in [2.05, 4.69) is 47.5 Å². The number of rotatable bonds is 2. The first kappa shape index (κ1) is 15.4. The van der Waals surface area contributed by atoms with Crippen LogP contribution >= 0.6 is 0 Å². The van der Waals surface area contributed by atoms with Gasteiger partial charge >= 0.3 is 0 Å². The summed E-state index contributed by atoms with van der Waals surface area (Å²) in [6, 6.07) is 28.5. The van der Waals surface area contributed by atoms with Gasteiger partial charge in [-0.1, -0.05) is 42.5 Å². The predicted molar refractivity (Wildman–Crippen MR) is 107 cm³/mol. The Morgan fingerprint density at radius 1 is 0.667 bits per heavy atom. The van der Waals surface area contributed by atoms with Crippen LogP contribution in [-0.4, -0.2) is 4.98 Å². The van der Waals surface area contributed by atoms with Crippen LogP contribution in [-0.2, 0) is 0 Å². The van der Waals surface area contributed by atoms with E-state index in [4.69, 9.17) is 9.68 Å². The molecule has 2 aromatic heterocycles. The maximum atomic E-state index is 9.08. The Morgan fingerprint density at radius 3 is 2.26 bits per heavy atom. The lowest BCUT2D eigenvalue weighted by Crippen LogP contribution is -1.85. The Kier molecular flexibility index (Phi) is 3.48. The summed E-state index contributed by atoms with van der Waals surface area (Å²) < 4.78 is 6.02. The number of nitriles is 1. The molecule has 0 spiro atoms. The van der Waals surface area contributed by atoms with E-state index < -0.39 is 0 Å². The zero-order valence-corrected chi connectivity index (χ0v) is 14.4. The Bertz CT molecular complexity index is 1340. The molecule has 0 unspecified atom stereocenters. The van der Waals surface area contributed by atoms with Crippen molar-refractivity contribution >= 4 is 21.9 Å². The Hall–Kier alpha value is -3.90. The van der Waals surface area contributed by atoms with Crippen molar-refractivity contribution in [1.82, 2.24) is 4.98 Å². The van der Waals surface area contributed by atoms with Gasteiger partial charge in [-0.05, 0) is 58.7 Å². The van der Waals surface area contributed by atoms with E-state index in [1.807, 2.05) is 42.5 Å². The average Bonchev–Trinajstić information content (AvgIpc) is 3.11. The summed E-state index contributed by atoms with van der Waals surface area (Å²) in [4.78, 5) is 4.05. The molecule has 5 rings (SSSR count). The monoisotopic (exact) mass is 346 g/mol. The summed E-state index contributed by atoms with van der Waals surface area (Å²) in [5.74, 6) is 0. The normalized spacial score (nSPS) is 10.9. The fourth-order valence-corrected chi connectivity index (χ4v) is 3.46. The number of benzene rings is 3. The van der Waals surface area contributed by atoms with Gasteiger partial charge in [0.15, 0.2) is 0 Å². The Morgan fingerprint density at radius 2 is 1.41 bits per heavy atom. The highest BCUT2D eigenvalue weighted by atomic mass is 16.3. The van der Waals surface area contributed by atoms with Crippen molar-refractivity contribution in [3.8, 4) is 28.3 Å². The lowest BCUT2D eigenvalue weighted by atomic mass is 9.98. The maximum absolute atomic E-state index is 9.08. The van der Waals surface area contributed by atoms with Crippen LogP contribution in [0.15, 0.2) is 89.5 Å². The molecule has 0 amide bonds. The summed E-state index contributed by atoms with van der Waals surface area (Å²) in [5, 5.41) is 11.3. The fraction of sp³-hybridized carbons (Fsp3) is 0. The summed E-state index contributed by atoms with van der Waals surface area (Å²) in [6.07, 6.45) is 1.67. The molecule has 126 valence electrons. The van der Waals surface area contributed by atoms with Crippen molar-refractivity contribution in [3.63, 3.8) is 0 Å². The zero-order chi connectivity index (χ0) is 18.2. The van der Waals surface area contributed by atoms with E-state index in [1.54, 1.807) is 6.20 Å². The molecular weight excluding hydrogens is 332 g/mol. The number of hydrogen-bond donors (Lipinski definition) is 0. The molecule has 0 bridgehead atoms. The number of nitrogens with zero attached hydrogens (tertiary/aromatic N) is 2. The molecule has 0 atom stereocenters. The summed E-state index contributed by atoms with van der Waals surface area (Å²) in [5.41, 5.74) is 6.43. The highest BCUT2D eigenvalue weighted by Crippen LogP contribution is 2.33. The number of hydrogen-bond acceptors (Lipinski definition) is 3. The van der Waals surface area contributed by atoms with Crippen LogP contribution in [0.3, 0.4) is 0 Å². The zero-order valence-electron chi connectivity index (χ0n) is 14.4. The molecular formula is C24H14N2O. The number of furan rings is 1. The highest BCUT2D eigenvalue weighted by Gasteiger charge is 2.09. The van der Waals surface area contributed by atoms with Crippen molar-refractivity contribution in [1.29, 1.82) is 5.26 Å². The van der Waals surface area contributed by atoms with Gasteiger partial charge in [0.05, 0.1) is 0 Å². The van der Waals surface area contributed by atoms with Crippen LogP contribution in [0, 0.1) is 11.3 Å². The third kappa shape index (κ3) is 2.65. The van der Waals surface area contributed by atoms with Gasteiger partial charge < -0.3 is 4.42 Å². The Labute approximate surface area is 156 Å². The first-order valence-corrected chi connectivity index (χ1v) is 8.70. The summed E-state index contributed by atoms with van der Waals surface area (Å²) >= 11 is 0. The van der Waals surface area contributed by atoms with Gasteiger partial charge in [-0.25, -0.2) is 4.98 Å². The molecule has 0 saturated heterocycles. The van der Waals surface area contributed by atoms with Crippen LogP contribution in [0.4, 0.5) is 0 Å². The number of aromatic nitrogens is 1. The van der Waals surface area contributed by atoms with Crippen molar-refractivity contribution in [2.24, 2.45) is 0 Å². The quantitative estimate of drug-likeness (QED) is 0.383. The molecule has 0 radical (unpaired) electrons. The fourth-order valence-electron chi connectivity index (χ4n) is 3.46. The topological polar surface area (TPSA) is 49.8 Å². The van der Waals surface area contributed by atoms with Crippen molar-refractivity contribution in [3.05, 3.63) is 90.8 Å². The third-order valence-electron chi connectivity index (χ3n) is 4.78. The average molecular weight is 346 g/mol. The van der Waals surface area contributed by atoms with E-state index >= 15 is 0 Å². The Balaban J connectivity index is 1.62. The second-order valence-electron chi connectivity index (χ2n) is 6.43. The minimum atomic E-state index is 0.418. The molecule has 0 N–H and O–H groups in total. The SMILES string of the molecule is N#Cc1cc(-c2cccc(-c3ccc4c(c3)oc3ccccc34)c2)ccn1. The van der Waals surface area contributed by atoms with E-state index in [-0.39, 0.29) is 0 Å². The van der Waals surface area contributed by atoms with E-state index in [0.717, 1.165) is 44.2 Å². The first-order chi connectivity index (χ1) is 13.3. The van der Waals surface area contributed by atoms with E-state index in [1.165, 1.54) is 0 Å². The number of fused-ring (bicyclic) bond motifs is 3. The van der Waals surface area contributed by atoms with Crippen LogP contribution in [0.1, 0.15) is 5.69 Å². The van der Waals surface area contributed by atoms with Crippen molar-refractivity contribution < 1.29 is 4.42 Å². The predicted octanol–water partition coefficient (Wildman–Crippen LogP) is 6.19. The van der Waals surface area contributed by atoms with Crippen LogP contribution in [0.5, 0.6) is 0 Å². The summed E-state index contributed by atoms with van der Waals surface area (Å²) in [6.45, 7) is 0. The molecule has 3 aromatic carbocycles. The molecule has 0 fully saturated rings. The lowest BCUT2D eigenvalue weighted by Gasteiger charge is -2.06. The second kappa shape index (κ2) is 6.12. The second-order valence-corrected chi connectivity index (χ2v) is 6.43. The minimum Gasteiger partial charge on any atom is -0.456 e. The van der Waals surface area contributed by atoms with Gasteiger partial charge in [0.1, 0.15) is 22.9 Å². The van der Waals surface area contributed by atoms with Crippen LogP contribution in [0.25, 0.3) is 44.2 Å². The molecule has 2 heterocycles. The molecule has 5 aromatic rings. The smallest absolute Gasteiger partial charge is 0.141 e. The molecule has 27 heavy (non-hydrogen) atoms. The van der Waals surface area contributed by atoms with Gasteiger partial charge in [-0.2, -0.15) is 5.26 Å². The van der Waals surface area contributed by atoms with Crippen molar-refractivity contribution in [2.45, 2.75) is 0 Å². The van der Waals surface area contributed by atoms with Crippen LogP contribution in [0.2, 0.25) is 0 Å².